The van der Waals surface area contributed by atoms with Gasteiger partial charge >= 0.3 is 0 Å². The van der Waals surface area contributed by atoms with E-state index in [9.17, 15) is 4.79 Å². The normalized spacial score (nSPS) is 23.4. The number of amides is 1. The summed E-state index contributed by atoms with van der Waals surface area (Å²) in [6.07, 6.45) is 4.99. The SMILES string of the molecule is CC1CCC(C(N)=O)CN1c1cnccc1C#N. The van der Waals surface area contributed by atoms with Crippen molar-refractivity contribution in [1.29, 1.82) is 5.26 Å². The highest BCUT2D eigenvalue weighted by Crippen LogP contribution is 2.29. The van der Waals surface area contributed by atoms with Crippen LogP contribution in [0.3, 0.4) is 0 Å². The van der Waals surface area contributed by atoms with Crippen molar-refractivity contribution in [3.63, 3.8) is 0 Å². The predicted octanol–water partition coefficient (Wildman–Crippen LogP) is 1.04. The average molecular weight is 244 g/mol. The summed E-state index contributed by atoms with van der Waals surface area (Å²) in [5.74, 6) is -0.415. The molecule has 0 aromatic carbocycles. The van der Waals surface area contributed by atoms with Gasteiger partial charge in [-0.3, -0.25) is 9.78 Å². The zero-order chi connectivity index (χ0) is 13.1. The number of nitrogens with two attached hydrogens (primary N) is 1. The van der Waals surface area contributed by atoms with E-state index in [1.807, 2.05) is 0 Å². The van der Waals surface area contributed by atoms with Gasteiger partial charge in [0, 0.05) is 18.8 Å². The molecule has 0 radical (unpaired) electrons. The van der Waals surface area contributed by atoms with Gasteiger partial charge in [-0.15, -0.1) is 0 Å². The van der Waals surface area contributed by atoms with E-state index in [2.05, 4.69) is 22.9 Å². The molecule has 2 N–H and O–H groups in total. The molecule has 1 aliphatic rings. The van der Waals surface area contributed by atoms with Crippen molar-refractivity contribution in [2.75, 3.05) is 11.4 Å². The Bertz CT molecular complexity index is 494. The molecule has 0 spiro atoms. The molecular formula is C13H16N4O. The smallest absolute Gasteiger partial charge is 0.222 e. The lowest BCUT2D eigenvalue weighted by Gasteiger charge is -2.38. The fraction of sp³-hybridized carbons (Fsp3) is 0.462. The van der Waals surface area contributed by atoms with E-state index in [1.54, 1.807) is 18.5 Å². The van der Waals surface area contributed by atoms with E-state index in [-0.39, 0.29) is 17.9 Å². The van der Waals surface area contributed by atoms with Crippen LogP contribution in [0.4, 0.5) is 5.69 Å². The molecule has 2 atom stereocenters. The Morgan fingerprint density at radius 3 is 3.06 bits per heavy atom. The van der Waals surface area contributed by atoms with Crippen molar-refractivity contribution >= 4 is 11.6 Å². The van der Waals surface area contributed by atoms with Crippen LogP contribution in [0.25, 0.3) is 0 Å². The first-order valence-corrected chi connectivity index (χ1v) is 6.03. The summed E-state index contributed by atoms with van der Waals surface area (Å²) in [5, 5.41) is 9.11. The Balaban J connectivity index is 2.30. The van der Waals surface area contributed by atoms with Crippen LogP contribution in [-0.4, -0.2) is 23.5 Å². The summed E-state index contributed by atoms with van der Waals surface area (Å²) >= 11 is 0. The number of hydrogen-bond acceptors (Lipinski definition) is 4. The van der Waals surface area contributed by atoms with Crippen LogP contribution in [-0.2, 0) is 4.79 Å². The van der Waals surface area contributed by atoms with Crippen LogP contribution < -0.4 is 10.6 Å². The number of rotatable bonds is 2. The van der Waals surface area contributed by atoms with Gasteiger partial charge in [-0.25, -0.2) is 0 Å². The molecular weight excluding hydrogens is 228 g/mol. The van der Waals surface area contributed by atoms with E-state index in [0.717, 1.165) is 18.5 Å². The number of nitrogens with zero attached hydrogens (tertiary/aromatic N) is 3. The van der Waals surface area contributed by atoms with Gasteiger partial charge in [0.25, 0.3) is 0 Å². The van der Waals surface area contributed by atoms with E-state index < -0.39 is 0 Å². The Labute approximate surface area is 106 Å². The summed E-state index contributed by atoms with van der Waals surface area (Å²) < 4.78 is 0. The number of nitriles is 1. The van der Waals surface area contributed by atoms with Crippen molar-refractivity contribution in [1.82, 2.24) is 4.98 Å². The van der Waals surface area contributed by atoms with Crippen LogP contribution in [0.15, 0.2) is 18.5 Å². The maximum Gasteiger partial charge on any atom is 0.222 e. The molecule has 0 aliphatic carbocycles. The molecule has 2 unspecified atom stereocenters. The fourth-order valence-electron chi connectivity index (χ4n) is 2.38. The minimum absolute atomic E-state index is 0.145. The topological polar surface area (TPSA) is 83.0 Å². The molecule has 1 amide bonds. The maximum atomic E-state index is 11.3. The number of pyridine rings is 1. The van der Waals surface area contributed by atoms with Crippen molar-refractivity contribution in [3.05, 3.63) is 24.0 Å². The summed E-state index contributed by atoms with van der Waals surface area (Å²) in [6, 6.07) is 4.14. The lowest BCUT2D eigenvalue weighted by atomic mass is 9.92. The molecule has 1 aromatic rings. The molecule has 1 saturated heterocycles. The van der Waals surface area contributed by atoms with Gasteiger partial charge in [-0.05, 0) is 25.8 Å². The van der Waals surface area contributed by atoms with Gasteiger partial charge in [-0.1, -0.05) is 0 Å². The first-order valence-electron chi connectivity index (χ1n) is 6.03. The number of carbonyl (C=O) groups excluding carboxylic acids is 1. The number of primary amides is 1. The van der Waals surface area contributed by atoms with Crippen molar-refractivity contribution < 1.29 is 4.79 Å². The summed E-state index contributed by atoms with van der Waals surface area (Å²) in [5.41, 5.74) is 6.75. The van der Waals surface area contributed by atoms with Gasteiger partial charge in [-0.2, -0.15) is 5.26 Å². The van der Waals surface area contributed by atoms with Gasteiger partial charge < -0.3 is 10.6 Å². The Morgan fingerprint density at radius 2 is 2.39 bits per heavy atom. The summed E-state index contributed by atoms with van der Waals surface area (Å²) in [6.45, 7) is 2.66. The molecule has 1 fully saturated rings. The minimum atomic E-state index is -0.269. The highest BCUT2D eigenvalue weighted by molar-refractivity contribution is 5.78. The second-order valence-electron chi connectivity index (χ2n) is 4.68. The Hall–Kier alpha value is -2.09. The predicted molar refractivity (Wildman–Crippen MR) is 67.7 cm³/mol. The lowest BCUT2D eigenvalue weighted by molar-refractivity contribution is -0.122. The van der Waals surface area contributed by atoms with Crippen LogP contribution in [0.5, 0.6) is 0 Å². The largest absolute Gasteiger partial charge is 0.369 e. The lowest BCUT2D eigenvalue weighted by Crippen LogP contribution is -2.46. The number of aromatic nitrogens is 1. The first kappa shape index (κ1) is 12.4. The van der Waals surface area contributed by atoms with Gasteiger partial charge in [0.1, 0.15) is 6.07 Å². The minimum Gasteiger partial charge on any atom is -0.369 e. The highest BCUT2D eigenvalue weighted by Gasteiger charge is 2.29. The van der Waals surface area contributed by atoms with Gasteiger partial charge in [0.05, 0.1) is 23.4 Å². The third-order valence-electron chi connectivity index (χ3n) is 3.51. The molecule has 5 heteroatoms. The van der Waals surface area contributed by atoms with Crippen LogP contribution in [0.1, 0.15) is 25.3 Å². The monoisotopic (exact) mass is 244 g/mol. The number of piperidine rings is 1. The second kappa shape index (κ2) is 5.05. The van der Waals surface area contributed by atoms with E-state index in [0.29, 0.717) is 12.1 Å². The standard InChI is InChI=1S/C13H16N4O/c1-9-2-3-11(13(15)18)8-17(9)12-7-16-5-4-10(12)6-14/h4-5,7,9,11H,2-3,8H2,1H3,(H2,15,18). The molecule has 18 heavy (non-hydrogen) atoms. The Morgan fingerprint density at radius 1 is 1.61 bits per heavy atom. The second-order valence-corrected chi connectivity index (χ2v) is 4.68. The molecule has 5 nitrogen and oxygen atoms in total. The quantitative estimate of drug-likeness (QED) is 0.842. The molecule has 0 bridgehead atoms. The van der Waals surface area contributed by atoms with Crippen molar-refractivity contribution in [2.45, 2.75) is 25.8 Å². The molecule has 1 aromatic heterocycles. The van der Waals surface area contributed by atoms with E-state index >= 15 is 0 Å². The number of carbonyl (C=O) groups is 1. The van der Waals surface area contributed by atoms with Crippen LogP contribution in [0.2, 0.25) is 0 Å². The number of hydrogen-bond donors (Lipinski definition) is 1. The highest BCUT2D eigenvalue weighted by atomic mass is 16.1. The third kappa shape index (κ3) is 2.28. The van der Waals surface area contributed by atoms with Gasteiger partial charge in [0.15, 0.2) is 0 Å². The van der Waals surface area contributed by atoms with Gasteiger partial charge in [0.2, 0.25) is 5.91 Å². The zero-order valence-corrected chi connectivity index (χ0v) is 10.3. The molecule has 0 saturated carbocycles. The maximum absolute atomic E-state index is 11.3. The summed E-state index contributed by atoms with van der Waals surface area (Å²) in [7, 11) is 0. The van der Waals surface area contributed by atoms with E-state index in [1.165, 1.54) is 0 Å². The van der Waals surface area contributed by atoms with Crippen LogP contribution >= 0.6 is 0 Å². The number of anilines is 1. The molecule has 2 heterocycles. The first-order chi connectivity index (χ1) is 8.63. The summed E-state index contributed by atoms with van der Waals surface area (Å²) in [4.78, 5) is 17.4. The van der Waals surface area contributed by atoms with Crippen molar-refractivity contribution in [2.24, 2.45) is 11.7 Å². The van der Waals surface area contributed by atoms with E-state index in [4.69, 9.17) is 11.0 Å². The van der Waals surface area contributed by atoms with Crippen LogP contribution in [0, 0.1) is 17.2 Å². The molecule has 94 valence electrons. The Kier molecular flexibility index (Phi) is 3.47. The van der Waals surface area contributed by atoms with Crippen molar-refractivity contribution in [3.8, 4) is 6.07 Å². The molecule has 2 rings (SSSR count). The zero-order valence-electron chi connectivity index (χ0n) is 10.3. The fourth-order valence-corrected chi connectivity index (χ4v) is 2.38. The average Bonchev–Trinajstić information content (AvgIpc) is 2.39. The third-order valence-corrected chi connectivity index (χ3v) is 3.51. The molecule has 1 aliphatic heterocycles.